The van der Waals surface area contributed by atoms with Crippen molar-refractivity contribution >= 4 is 39.0 Å². The normalized spacial score (nSPS) is 11.0. The molecule has 0 bridgehead atoms. The Morgan fingerprint density at radius 1 is 1.12 bits per heavy atom. The minimum Gasteiger partial charge on any atom is -0.491 e. The van der Waals surface area contributed by atoms with E-state index in [9.17, 15) is 18.0 Å². The maximum atomic E-state index is 14.7. The van der Waals surface area contributed by atoms with E-state index < -0.39 is 29.2 Å². The quantitative estimate of drug-likeness (QED) is 0.444. The average Bonchev–Trinajstić information content (AvgIpc) is 2.96. The molecule has 3 aromatic rings. The molecule has 25 heavy (non-hydrogen) atoms. The zero-order valence-electron chi connectivity index (χ0n) is 13.0. The van der Waals surface area contributed by atoms with Gasteiger partial charge in [0.2, 0.25) is 5.82 Å². The summed E-state index contributed by atoms with van der Waals surface area (Å²) in [7, 11) is 2.20. The van der Waals surface area contributed by atoms with Crippen LogP contribution in [0.25, 0.3) is 21.2 Å². The molecule has 0 spiro atoms. The molecular formula is C17H10ClF3O3S. The fourth-order valence-electron chi connectivity index (χ4n) is 2.52. The Labute approximate surface area is 149 Å². The zero-order chi connectivity index (χ0) is 18.3. The second-order valence-electron chi connectivity index (χ2n) is 5.01. The van der Waals surface area contributed by atoms with Crippen molar-refractivity contribution in [2.45, 2.75) is 0 Å². The molecule has 8 heteroatoms. The smallest absolute Gasteiger partial charge is 0.348 e. The number of ether oxygens (including phenoxy) is 2. The summed E-state index contributed by atoms with van der Waals surface area (Å²) < 4.78 is 52.3. The molecule has 0 aliphatic carbocycles. The van der Waals surface area contributed by atoms with Crippen molar-refractivity contribution in [3.63, 3.8) is 0 Å². The minimum absolute atomic E-state index is 0.0479. The number of hydrogen-bond acceptors (Lipinski definition) is 4. The molecule has 1 aromatic heterocycles. The van der Waals surface area contributed by atoms with E-state index >= 15 is 0 Å². The SMILES string of the molecule is COC(=O)c1sc2cc(Cl)ccc2c1-c1cc(F)c(F)c(OC)c1F. The summed E-state index contributed by atoms with van der Waals surface area (Å²) in [6.07, 6.45) is 0. The molecule has 3 nitrogen and oxygen atoms in total. The number of hydrogen-bond donors (Lipinski definition) is 0. The van der Waals surface area contributed by atoms with E-state index in [2.05, 4.69) is 4.74 Å². The number of esters is 1. The van der Waals surface area contributed by atoms with Crippen LogP contribution in [-0.2, 0) is 4.74 Å². The Kier molecular flexibility index (Phi) is 4.62. The maximum Gasteiger partial charge on any atom is 0.348 e. The van der Waals surface area contributed by atoms with Crippen LogP contribution in [0, 0.1) is 17.5 Å². The molecule has 130 valence electrons. The van der Waals surface area contributed by atoms with E-state index in [1.54, 1.807) is 18.2 Å². The van der Waals surface area contributed by atoms with Crippen molar-refractivity contribution in [3.8, 4) is 16.9 Å². The van der Waals surface area contributed by atoms with Crippen LogP contribution in [0.15, 0.2) is 24.3 Å². The summed E-state index contributed by atoms with van der Waals surface area (Å²) in [5.74, 6) is -5.43. The molecule has 0 amide bonds. The van der Waals surface area contributed by atoms with Gasteiger partial charge in [-0.3, -0.25) is 0 Å². The fraction of sp³-hybridized carbons (Fsp3) is 0.118. The number of methoxy groups -OCH3 is 2. The molecule has 0 saturated heterocycles. The summed E-state index contributed by atoms with van der Waals surface area (Å²) in [5, 5.41) is 0.877. The van der Waals surface area contributed by atoms with Crippen molar-refractivity contribution in [2.24, 2.45) is 0 Å². The first-order chi connectivity index (χ1) is 11.9. The lowest BCUT2D eigenvalue weighted by atomic mass is 10.0. The highest BCUT2D eigenvalue weighted by Gasteiger charge is 2.27. The number of benzene rings is 2. The highest BCUT2D eigenvalue weighted by atomic mass is 35.5. The lowest BCUT2D eigenvalue weighted by molar-refractivity contribution is 0.0607. The maximum absolute atomic E-state index is 14.7. The van der Waals surface area contributed by atoms with E-state index in [1.807, 2.05) is 0 Å². The molecule has 2 aromatic carbocycles. The Morgan fingerprint density at radius 2 is 1.84 bits per heavy atom. The van der Waals surface area contributed by atoms with Gasteiger partial charge in [-0.1, -0.05) is 17.7 Å². The number of fused-ring (bicyclic) bond motifs is 1. The lowest BCUT2D eigenvalue weighted by Gasteiger charge is -2.10. The number of rotatable bonds is 3. The number of carbonyl (C=O) groups is 1. The van der Waals surface area contributed by atoms with E-state index in [1.165, 1.54) is 7.11 Å². The van der Waals surface area contributed by atoms with Crippen molar-refractivity contribution in [2.75, 3.05) is 14.2 Å². The van der Waals surface area contributed by atoms with Crippen LogP contribution in [0.3, 0.4) is 0 Å². The van der Waals surface area contributed by atoms with Gasteiger partial charge in [0.25, 0.3) is 0 Å². The molecule has 0 fully saturated rings. The van der Waals surface area contributed by atoms with Gasteiger partial charge in [-0.15, -0.1) is 11.3 Å². The van der Waals surface area contributed by atoms with Gasteiger partial charge in [0.15, 0.2) is 17.4 Å². The Bertz CT molecular complexity index is 1000. The molecule has 0 aliphatic heterocycles. The largest absolute Gasteiger partial charge is 0.491 e. The molecule has 0 aliphatic rings. The standard InChI is InChI=1S/C17H10ClF3O3S/c1-23-15-13(20)9(6-10(19)14(15)21)12-8-4-3-7(18)5-11(8)25-16(12)17(22)24-2/h3-6H,1-2H3. The molecular weight excluding hydrogens is 377 g/mol. The third-order valence-electron chi connectivity index (χ3n) is 3.61. The summed E-state index contributed by atoms with van der Waals surface area (Å²) >= 11 is 6.97. The number of thiophene rings is 1. The van der Waals surface area contributed by atoms with Gasteiger partial charge in [-0.2, -0.15) is 4.39 Å². The van der Waals surface area contributed by atoms with Crippen LogP contribution in [0.2, 0.25) is 5.02 Å². The fourth-order valence-corrected chi connectivity index (χ4v) is 3.93. The summed E-state index contributed by atoms with van der Waals surface area (Å²) in [6.45, 7) is 0. The van der Waals surface area contributed by atoms with E-state index in [0.29, 0.717) is 21.2 Å². The molecule has 0 radical (unpaired) electrons. The molecule has 3 rings (SSSR count). The predicted molar refractivity (Wildman–Crippen MR) is 90.0 cm³/mol. The Hall–Kier alpha value is -2.25. The molecule has 0 unspecified atom stereocenters. The van der Waals surface area contributed by atoms with Crippen molar-refractivity contribution in [1.82, 2.24) is 0 Å². The van der Waals surface area contributed by atoms with Gasteiger partial charge >= 0.3 is 5.97 Å². The van der Waals surface area contributed by atoms with Gasteiger partial charge < -0.3 is 9.47 Å². The molecule has 0 N–H and O–H groups in total. The molecule has 1 heterocycles. The monoisotopic (exact) mass is 386 g/mol. The van der Waals surface area contributed by atoms with Crippen LogP contribution in [0.4, 0.5) is 13.2 Å². The van der Waals surface area contributed by atoms with Crippen LogP contribution >= 0.6 is 22.9 Å². The first kappa shape index (κ1) is 17.6. The van der Waals surface area contributed by atoms with E-state index in [4.69, 9.17) is 16.3 Å². The van der Waals surface area contributed by atoms with Gasteiger partial charge in [-0.05, 0) is 18.2 Å². The third kappa shape index (κ3) is 2.83. The molecule has 0 saturated carbocycles. The van der Waals surface area contributed by atoms with E-state index in [0.717, 1.165) is 18.4 Å². The zero-order valence-corrected chi connectivity index (χ0v) is 14.5. The predicted octanol–water partition coefficient (Wildman–Crippen LogP) is 5.43. The van der Waals surface area contributed by atoms with Crippen LogP contribution in [0.5, 0.6) is 5.75 Å². The third-order valence-corrected chi connectivity index (χ3v) is 4.98. The van der Waals surface area contributed by atoms with Gasteiger partial charge in [0.05, 0.1) is 14.2 Å². The topological polar surface area (TPSA) is 35.5 Å². The Morgan fingerprint density at radius 3 is 2.48 bits per heavy atom. The minimum atomic E-state index is -1.44. The second kappa shape index (κ2) is 6.57. The number of halogens is 4. The summed E-state index contributed by atoms with van der Waals surface area (Å²) in [6, 6.07) is 5.40. The second-order valence-corrected chi connectivity index (χ2v) is 6.49. The van der Waals surface area contributed by atoms with Gasteiger partial charge in [0, 0.05) is 26.2 Å². The molecule has 0 atom stereocenters. The van der Waals surface area contributed by atoms with E-state index in [-0.39, 0.29) is 16.0 Å². The Balaban J connectivity index is 2.43. The highest BCUT2D eigenvalue weighted by Crippen LogP contribution is 2.43. The lowest BCUT2D eigenvalue weighted by Crippen LogP contribution is -2.03. The van der Waals surface area contributed by atoms with Gasteiger partial charge in [-0.25, -0.2) is 13.6 Å². The van der Waals surface area contributed by atoms with Crippen molar-refractivity contribution < 1.29 is 27.4 Å². The van der Waals surface area contributed by atoms with Gasteiger partial charge in [0.1, 0.15) is 4.88 Å². The number of carbonyl (C=O) groups excluding carboxylic acids is 1. The van der Waals surface area contributed by atoms with Crippen LogP contribution < -0.4 is 4.74 Å². The summed E-state index contributed by atoms with van der Waals surface area (Å²) in [5.41, 5.74) is -0.206. The highest BCUT2D eigenvalue weighted by molar-refractivity contribution is 7.21. The van der Waals surface area contributed by atoms with Crippen molar-refractivity contribution in [3.05, 3.63) is 51.6 Å². The van der Waals surface area contributed by atoms with Crippen LogP contribution in [-0.4, -0.2) is 20.2 Å². The van der Waals surface area contributed by atoms with Crippen molar-refractivity contribution in [1.29, 1.82) is 0 Å². The first-order valence-corrected chi connectivity index (χ1v) is 8.10. The van der Waals surface area contributed by atoms with Crippen LogP contribution in [0.1, 0.15) is 9.67 Å². The summed E-state index contributed by atoms with van der Waals surface area (Å²) in [4.78, 5) is 12.2. The average molecular weight is 387 g/mol. The first-order valence-electron chi connectivity index (χ1n) is 6.91.